The van der Waals surface area contributed by atoms with Crippen LogP contribution in [0.5, 0.6) is 0 Å². The molecule has 0 aromatic carbocycles. The first-order chi connectivity index (χ1) is 7.66. The van der Waals surface area contributed by atoms with Gasteiger partial charge in [-0.05, 0) is 20.3 Å². The minimum Gasteiger partial charge on any atom is -0.389 e. The van der Waals surface area contributed by atoms with Crippen LogP contribution in [0, 0.1) is 0 Å². The quantitative estimate of drug-likeness (QED) is 0.411. The molecule has 1 unspecified atom stereocenters. The van der Waals surface area contributed by atoms with Gasteiger partial charge in [0.1, 0.15) is 0 Å². The van der Waals surface area contributed by atoms with E-state index in [2.05, 4.69) is 11.9 Å². The molecule has 0 aromatic heterocycles. The summed E-state index contributed by atoms with van der Waals surface area (Å²) in [5.41, 5.74) is 0. The molecule has 4 heteroatoms. The van der Waals surface area contributed by atoms with Crippen molar-refractivity contribution in [3.63, 3.8) is 0 Å². The topological polar surface area (TPSA) is 50.7 Å². The molecule has 0 fully saturated rings. The number of hydrogen-bond donors (Lipinski definition) is 2. The van der Waals surface area contributed by atoms with Gasteiger partial charge in [-0.1, -0.05) is 6.08 Å². The van der Waals surface area contributed by atoms with Crippen LogP contribution in [0.1, 0.15) is 20.3 Å². The Morgan fingerprint density at radius 2 is 2.12 bits per heavy atom. The van der Waals surface area contributed by atoms with Crippen LogP contribution < -0.4 is 5.32 Å². The number of aliphatic hydroxyl groups excluding tert-OH is 1. The van der Waals surface area contributed by atoms with Gasteiger partial charge < -0.3 is 19.9 Å². The summed E-state index contributed by atoms with van der Waals surface area (Å²) in [5, 5.41) is 12.6. The van der Waals surface area contributed by atoms with Gasteiger partial charge in [0, 0.05) is 13.1 Å². The number of nitrogens with one attached hydrogen (secondary N) is 1. The molecule has 0 bridgehead atoms. The highest BCUT2D eigenvalue weighted by Gasteiger charge is 2.04. The van der Waals surface area contributed by atoms with Crippen molar-refractivity contribution < 1.29 is 14.6 Å². The molecule has 96 valence electrons. The average Bonchev–Trinajstić information content (AvgIpc) is 2.25. The van der Waals surface area contributed by atoms with E-state index in [4.69, 9.17) is 9.47 Å². The molecular formula is C12H25NO3. The monoisotopic (exact) mass is 231 g/mol. The maximum absolute atomic E-state index is 9.50. The van der Waals surface area contributed by atoms with Crippen molar-refractivity contribution in [2.45, 2.75) is 32.5 Å². The highest BCUT2D eigenvalue weighted by atomic mass is 16.5. The predicted octanol–water partition coefficient (Wildman–Crippen LogP) is 0.955. The van der Waals surface area contributed by atoms with Crippen molar-refractivity contribution in [1.29, 1.82) is 0 Å². The molecule has 0 saturated heterocycles. The Balaban J connectivity index is 3.14. The second-order valence-corrected chi connectivity index (χ2v) is 3.93. The fourth-order valence-electron chi connectivity index (χ4n) is 1.04. The molecule has 16 heavy (non-hydrogen) atoms. The van der Waals surface area contributed by atoms with Gasteiger partial charge in [0.25, 0.3) is 0 Å². The lowest BCUT2D eigenvalue weighted by Gasteiger charge is -2.14. The largest absolute Gasteiger partial charge is 0.389 e. The molecular weight excluding hydrogens is 206 g/mol. The smallest absolute Gasteiger partial charge is 0.0897 e. The maximum Gasteiger partial charge on any atom is 0.0897 e. The van der Waals surface area contributed by atoms with Crippen LogP contribution in [0.25, 0.3) is 0 Å². The minimum atomic E-state index is -0.449. The molecule has 0 aliphatic heterocycles. The van der Waals surface area contributed by atoms with E-state index < -0.39 is 6.10 Å². The molecule has 1 atom stereocenters. The second-order valence-electron chi connectivity index (χ2n) is 3.93. The fraction of sp³-hybridized carbons (Fsp3) is 0.833. The lowest BCUT2D eigenvalue weighted by molar-refractivity contribution is 0.00576. The van der Waals surface area contributed by atoms with E-state index in [1.54, 1.807) is 0 Å². The van der Waals surface area contributed by atoms with Crippen LogP contribution in [0.3, 0.4) is 0 Å². The zero-order valence-corrected chi connectivity index (χ0v) is 10.4. The second kappa shape index (κ2) is 11.1. The number of aliphatic hydroxyl groups is 1. The SMILES string of the molecule is C=CCCOCCNCC(O)COC(C)C. The summed E-state index contributed by atoms with van der Waals surface area (Å²) in [5.74, 6) is 0. The maximum atomic E-state index is 9.50. The van der Waals surface area contributed by atoms with Crippen LogP contribution in [-0.2, 0) is 9.47 Å². The summed E-state index contributed by atoms with van der Waals surface area (Å²) in [6.07, 6.45) is 2.43. The fourth-order valence-corrected chi connectivity index (χ4v) is 1.04. The number of ether oxygens (including phenoxy) is 2. The van der Waals surface area contributed by atoms with Crippen molar-refractivity contribution in [2.75, 3.05) is 32.9 Å². The average molecular weight is 231 g/mol. The summed E-state index contributed by atoms with van der Waals surface area (Å²) < 4.78 is 10.6. The van der Waals surface area contributed by atoms with Crippen LogP contribution in [-0.4, -0.2) is 50.2 Å². The zero-order chi connectivity index (χ0) is 12.2. The van der Waals surface area contributed by atoms with Crippen molar-refractivity contribution in [3.05, 3.63) is 12.7 Å². The Kier molecular flexibility index (Phi) is 10.8. The predicted molar refractivity (Wildman–Crippen MR) is 65.6 cm³/mol. The summed E-state index contributed by atoms with van der Waals surface area (Å²) in [7, 11) is 0. The molecule has 0 aliphatic carbocycles. The third-order valence-electron chi connectivity index (χ3n) is 1.89. The molecule has 0 heterocycles. The highest BCUT2D eigenvalue weighted by Crippen LogP contribution is 1.90. The number of rotatable bonds is 11. The normalized spacial score (nSPS) is 13.0. The van der Waals surface area contributed by atoms with Crippen LogP contribution in [0.4, 0.5) is 0 Å². The van der Waals surface area contributed by atoms with E-state index in [0.717, 1.165) is 13.0 Å². The lowest BCUT2D eigenvalue weighted by atomic mass is 10.3. The molecule has 0 rings (SSSR count). The summed E-state index contributed by atoms with van der Waals surface area (Å²) in [4.78, 5) is 0. The van der Waals surface area contributed by atoms with Crippen LogP contribution in [0.15, 0.2) is 12.7 Å². The third-order valence-corrected chi connectivity index (χ3v) is 1.89. The van der Waals surface area contributed by atoms with Crippen LogP contribution in [0.2, 0.25) is 0 Å². The van der Waals surface area contributed by atoms with Gasteiger partial charge in [0.2, 0.25) is 0 Å². The molecule has 2 N–H and O–H groups in total. The van der Waals surface area contributed by atoms with E-state index in [0.29, 0.717) is 26.4 Å². The Bertz CT molecular complexity index is 162. The standard InChI is InChI=1S/C12H25NO3/c1-4-5-7-15-8-6-13-9-12(14)10-16-11(2)3/h4,11-14H,1,5-10H2,2-3H3. The van der Waals surface area contributed by atoms with Gasteiger partial charge in [-0.25, -0.2) is 0 Å². The van der Waals surface area contributed by atoms with E-state index in [1.807, 2.05) is 19.9 Å². The Morgan fingerprint density at radius 1 is 1.38 bits per heavy atom. The number of hydrogen-bond acceptors (Lipinski definition) is 4. The highest BCUT2D eigenvalue weighted by molar-refractivity contribution is 4.64. The summed E-state index contributed by atoms with van der Waals surface area (Å²) in [6.45, 7) is 10.5. The first-order valence-electron chi connectivity index (χ1n) is 5.85. The molecule has 0 amide bonds. The van der Waals surface area contributed by atoms with Gasteiger partial charge in [0.05, 0.1) is 32.0 Å². The van der Waals surface area contributed by atoms with E-state index >= 15 is 0 Å². The van der Waals surface area contributed by atoms with Crippen molar-refractivity contribution in [1.82, 2.24) is 5.32 Å². The minimum absolute atomic E-state index is 0.164. The van der Waals surface area contributed by atoms with E-state index in [-0.39, 0.29) is 6.10 Å². The van der Waals surface area contributed by atoms with Gasteiger partial charge in [-0.2, -0.15) is 0 Å². The Morgan fingerprint density at radius 3 is 2.75 bits per heavy atom. The lowest BCUT2D eigenvalue weighted by Crippen LogP contribution is -2.33. The van der Waals surface area contributed by atoms with E-state index in [1.165, 1.54) is 0 Å². The first kappa shape index (κ1) is 15.6. The molecule has 0 spiro atoms. The van der Waals surface area contributed by atoms with Gasteiger partial charge in [-0.3, -0.25) is 0 Å². The molecule has 0 aliphatic rings. The summed E-state index contributed by atoms with van der Waals surface area (Å²) >= 11 is 0. The van der Waals surface area contributed by atoms with Gasteiger partial charge >= 0.3 is 0 Å². The Hall–Kier alpha value is -0.420. The molecule has 0 saturated carbocycles. The van der Waals surface area contributed by atoms with Crippen LogP contribution >= 0.6 is 0 Å². The zero-order valence-electron chi connectivity index (χ0n) is 10.4. The van der Waals surface area contributed by atoms with Gasteiger partial charge in [-0.15, -0.1) is 6.58 Å². The van der Waals surface area contributed by atoms with Gasteiger partial charge in [0.15, 0.2) is 0 Å². The summed E-state index contributed by atoms with van der Waals surface area (Å²) in [6, 6.07) is 0. The molecule has 0 aromatic rings. The van der Waals surface area contributed by atoms with E-state index in [9.17, 15) is 5.11 Å². The molecule has 0 radical (unpaired) electrons. The van der Waals surface area contributed by atoms with Crippen molar-refractivity contribution >= 4 is 0 Å². The van der Waals surface area contributed by atoms with Crippen molar-refractivity contribution in [2.24, 2.45) is 0 Å². The van der Waals surface area contributed by atoms with Crippen molar-refractivity contribution in [3.8, 4) is 0 Å². The third kappa shape index (κ3) is 11.7. The molecule has 4 nitrogen and oxygen atoms in total. The Labute approximate surface area is 98.6 Å². The first-order valence-corrected chi connectivity index (χ1v) is 5.85.